The van der Waals surface area contributed by atoms with Crippen LogP contribution in [0.5, 0.6) is 11.5 Å². The Kier molecular flexibility index (Phi) is 6.83. The summed E-state index contributed by atoms with van der Waals surface area (Å²) in [4.78, 5) is 23.1. The summed E-state index contributed by atoms with van der Waals surface area (Å²) in [5, 5.41) is 2.78. The quantitative estimate of drug-likeness (QED) is 0.743. The first-order chi connectivity index (χ1) is 12.1. The summed E-state index contributed by atoms with van der Waals surface area (Å²) < 4.78 is 15.2. The van der Waals surface area contributed by atoms with Crippen LogP contribution in [0.4, 0.5) is 0 Å². The van der Waals surface area contributed by atoms with Gasteiger partial charge in [-0.2, -0.15) is 0 Å². The van der Waals surface area contributed by atoms with Crippen molar-refractivity contribution < 1.29 is 23.8 Å². The molecule has 0 radical (unpaired) electrons. The topological polar surface area (TPSA) is 73.9 Å². The lowest BCUT2D eigenvalue weighted by atomic mass is 10.1. The average molecular weight is 343 g/mol. The minimum Gasteiger partial charge on any atom is -0.497 e. The molecular weight excluding hydrogens is 322 g/mol. The fourth-order valence-electron chi connectivity index (χ4n) is 2.13. The Bertz CT molecular complexity index is 712. The molecule has 25 heavy (non-hydrogen) atoms. The molecule has 132 valence electrons. The van der Waals surface area contributed by atoms with Gasteiger partial charge in [0.2, 0.25) is 0 Å². The first-order valence-corrected chi connectivity index (χ1v) is 7.79. The molecule has 0 aromatic heterocycles. The van der Waals surface area contributed by atoms with E-state index >= 15 is 0 Å². The number of carbonyl (C=O) groups excluding carboxylic acids is 2. The Morgan fingerprint density at radius 3 is 2.40 bits per heavy atom. The number of rotatable bonds is 8. The van der Waals surface area contributed by atoms with Gasteiger partial charge in [-0.25, -0.2) is 0 Å². The second-order valence-electron chi connectivity index (χ2n) is 5.31. The van der Waals surface area contributed by atoms with Crippen LogP contribution in [0.2, 0.25) is 0 Å². The fourth-order valence-corrected chi connectivity index (χ4v) is 2.13. The number of esters is 1. The molecule has 6 nitrogen and oxygen atoms in total. The van der Waals surface area contributed by atoms with Crippen molar-refractivity contribution in [2.75, 3.05) is 20.8 Å². The normalized spacial score (nSPS) is 10.0. The maximum absolute atomic E-state index is 11.9. The highest BCUT2D eigenvalue weighted by Crippen LogP contribution is 2.13. The highest BCUT2D eigenvalue weighted by Gasteiger charge is 2.05. The second-order valence-corrected chi connectivity index (χ2v) is 5.31. The molecule has 0 atom stereocenters. The molecule has 2 rings (SSSR count). The molecule has 0 aliphatic rings. The number of carbonyl (C=O) groups is 2. The van der Waals surface area contributed by atoms with E-state index in [9.17, 15) is 9.59 Å². The van der Waals surface area contributed by atoms with Gasteiger partial charge in [-0.15, -0.1) is 0 Å². The SMILES string of the molecule is COC(=O)Cc1ccc(OCC(=O)NCc2cccc(OC)c2)cc1. The highest BCUT2D eigenvalue weighted by atomic mass is 16.5. The third-order valence-corrected chi connectivity index (χ3v) is 3.49. The van der Waals surface area contributed by atoms with Crippen LogP contribution >= 0.6 is 0 Å². The number of amides is 1. The minimum absolute atomic E-state index is 0.0830. The Labute approximate surface area is 146 Å². The van der Waals surface area contributed by atoms with E-state index in [-0.39, 0.29) is 24.9 Å². The summed E-state index contributed by atoms with van der Waals surface area (Å²) in [6.45, 7) is 0.317. The molecule has 2 aromatic rings. The van der Waals surface area contributed by atoms with Crippen LogP contribution in [0.15, 0.2) is 48.5 Å². The maximum atomic E-state index is 11.9. The van der Waals surface area contributed by atoms with E-state index < -0.39 is 0 Å². The van der Waals surface area contributed by atoms with Gasteiger partial charge in [-0.3, -0.25) is 9.59 Å². The largest absolute Gasteiger partial charge is 0.497 e. The lowest BCUT2D eigenvalue weighted by Gasteiger charge is -2.09. The van der Waals surface area contributed by atoms with Crippen molar-refractivity contribution in [2.45, 2.75) is 13.0 Å². The third kappa shape index (κ3) is 6.18. The van der Waals surface area contributed by atoms with E-state index in [4.69, 9.17) is 9.47 Å². The molecule has 1 amide bonds. The van der Waals surface area contributed by atoms with Gasteiger partial charge >= 0.3 is 5.97 Å². The molecule has 6 heteroatoms. The molecule has 0 spiro atoms. The Morgan fingerprint density at radius 1 is 0.960 bits per heavy atom. The Hall–Kier alpha value is -3.02. The molecule has 0 heterocycles. The molecule has 1 N–H and O–H groups in total. The smallest absolute Gasteiger partial charge is 0.309 e. The van der Waals surface area contributed by atoms with Crippen LogP contribution in [-0.4, -0.2) is 32.7 Å². The number of benzene rings is 2. The number of nitrogens with one attached hydrogen (secondary N) is 1. The average Bonchev–Trinajstić information content (AvgIpc) is 2.65. The fraction of sp³-hybridized carbons (Fsp3) is 0.263. The van der Waals surface area contributed by atoms with Gasteiger partial charge in [-0.05, 0) is 35.4 Å². The summed E-state index contributed by atoms with van der Waals surface area (Å²) in [5.74, 6) is 0.784. The predicted molar refractivity (Wildman–Crippen MR) is 92.5 cm³/mol. The van der Waals surface area contributed by atoms with E-state index in [1.54, 1.807) is 31.4 Å². The van der Waals surface area contributed by atoms with E-state index in [1.165, 1.54) is 7.11 Å². The molecule has 0 bridgehead atoms. The van der Waals surface area contributed by atoms with E-state index in [0.717, 1.165) is 16.9 Å². The van der Waals surface area contributed by atoms with Crippen LogP contribution in [-0.2, 0) is 27.3 Å². The number of ether oxygens (including phenoxy) is 3. The summed E-state index contributed by atoms with van der Waals surface area (Å²) in [5.41, 5.74) is 1.77. The predicted octanol–water partition coefficient (Wildman–Crippen LogP) is 2.11. The van der Waals surface area contributed by atoms with Crippen LogP contribution < -0.4 is 14.8 Å². The van der Waals surface area contributed by atoms with Gasteiger partial charge < -0.3 is 19.5 Å². The zero-order chi connectivity index (χ0) is 18.1. The third-order valence-electron chi connectivity index (χ3n) is 3.49. The molecule has 0 saturated heterocycles. The van der Waals surface area contributed by atoms with Crippen molar-refractivity contribution in [3.8, 4) is 11.5 Å². The van der Waals surface area contributed by atoms with Crippen LogP contribution in [0.25, 0.3) is 0 Å². The van der Waals surface area contributed by atoms with Gasteiger partial charge in [0.25, 0.3) is 5.91 Å². The monoisotopic (exact) mass is 343 g/mol. The minimum atomic E-state index is -0.300. The molecule has 0 saturated carbocycles. The molecular formula is C19H21NO5. The summed E-state index contributed by atoms with van der Waals surface area (Å²) in [6, 6.07) is 14.4. The lowest BCUT2D eigenvalue weighted by Crippen LogP contribution is -2.28. The zero-order valence-electron chi connectivity index (χ0n) is 14.3. The van der Waals surface area contributed by atoms with Crippen molar-refractivity contribution in [3.05, 3.63) is 59.7 Å². The van der Waals surface area contributed by atoms with Gasteiger partial charge in [0.15, 0.2) is 6.61 Å². The first-order valence-electron chi connectivity index (χ1n) is 7.79. The van der Waals surface area contributed by atoms with E-state index in [1.807, 2.05) is 24.3 Å². The van der Waals surface area contributed by atoms with Gasteiger partial charge in [-0.1, -0.05) is 24.3 Å². The summed E-state index contributed by atoms with van der Waals surface area (Å²) in [7, 11) is 2.95. The van der Waals surface area contributed by atoms with Crippen molar-refractivity contribution >= 4 is 11.9 Å². The molecule has 0 fully saturated rings. The maximum Gasteiger partial charge on any atom is 0.309 e. The van der Waals surface area contributed by atoms with E-state index in [0.29, 0.717) is 12.3 Å². The molecule has 0 aliphatic carbocycles. The van der Waals surface area contributed by atoms with Gasteiger partial charge in [0.1, 0.15) is 11.5 Å². The highest BCUT2D eigenvalue weighted by molar-refractivity contribution is 5.77. The Balaban J connectivity index is 1.76. The van der Waals surface area contributed by atoms with Crippen molar-refractivity contribution in [1.82, 2.24) is 5.32 Å². The second kappa shape index (κ2) is 9.32. The number of hydrogen-bond acceptors (Lipinski definition) is 5. The van der Waals surface area contributed by atoms with Gasteiger partial charge in [0, 0.05) is 6.54 Å². The standard InChI is InChI=1S/C19H21NO5/c1-23-17-5-3-4-15(10-17)12-20-18(21)13-25-16-8-6-14(7-9-16)11-19(22)24-2/h3-10H,11-13H2,1-2H3,(H,20,21). The van der Waals surface area contributed by atoms with Crippen LogP contribution in [0.3, 0.4) is 0 Å². The van der Waals surface area contributed by atoms with E-state index in [2.05, 4.69) is 10.1 Å². The Morgan fingerprint density at radius 2 is 1.72 bits per heavy atom. The van der Waals surface area contributed by atoms with Crippen molar-refractivity contribution in [1.29, 1.82) is 0 Å². The van der Waals surface area contributed by atoms with Crippen LogP contribution in [0.1, 0.15) is 11.1 Å². The van der Waals surface area contributed by atoms with Gasteiger partial charge in [0.05, 0.1) is 20.6 Å². The molecule has 0 aliphatic heterocycles. The lowest BCUT2D eigenvalue weighted by molar-refractivity contribution is -0.139. The molecule has 2 aromatic carbocycles. The van der Waals surface area contributed by atoms with Crippen molar-refractivity contribution in [3.63, 3.8) is 0 Å². The zero-order valence-corrected chi connectivity index (χ0v) is 14.3. The van der Waals surface area contributed by atoms with Crippen molar-refractivity contribution in [2.24, 2.45) is 0 Å². The number of methoxy groups -OCH3 is 2. The summed E-state index contributed by atoms with van der Waals surface area (Å²) in [6.07, 6.45) is 0.206. The van der Waals surface area contributed by atoms with Crippen LogP contribution in [0, 0.1) is 0 Å². The number of hydrogen-bond donors (Lipinski definition) is 1. The first kappa shape index (κ1) is 18.3. The summed E-state index contributed by atoms with van der Waals surface area (Å²) >= 11 is 0. The molecule has 0 unspecified atom stereocenters.